The normalized spacial score (nSPS) is 17.1. The predicted octanol–water partition coefficient (Wildman–Crippen LogP) is 2.28. The molecule has 0 bridgehead atoms. The van der Waals surface area contributed by atoms with Crippen molar-refractivity contribution in [2.24, 2.45) is 5.92 Å². The van der Waals surface area contributed by atoms with Crippen molar-refractivity contribution in [1.82, 2.24) is 5.32 Å². The van der Waals surface area contributed by atoms with Gasteiger partial charge in [-0.1, -0.05) is 25.8 Å². The number of nitrogens with one attached hydrogen (secondary N) is 1. The van der Waals surface area contributed by atoms with Gasteiger partial charge >= 0.3 is 5.97 Å². The highest BCUT2D eigenvalue weighted by molar-refractivity contribution is 5.88. The van der Waals surface area contributed by atoms with Crippen LogP contribution in [0.3, 0.4) is 0 Å². The van der Waals surface area contributed by atoms with Crippen molar-refractivity contribution >= 4 is 5.97 Å². The molecule has 3 nitrogen and oxygen atoms in total. The van der Waals surface area contributed by atoms with Crippen molar-refractivity contribution in [2.45, 2.75) is 39.0 Å². The van der Waals surface area contributed by atoms with E-state index in [1.54, 1.807) is 6.92 Å². The Hall–Kier alpha value is -0.830. The summed E-state index contributed by atoms with van der Waals surface area (Å²) in [6.07, 6.45) is 6.72. The Kier molecular flexibility index (Phi) is 6.16. The van der Waals surface area contributed by atoms with Crippen LogP contribution in [0.15, 0.2) is 12.2 Å². The molecule has 0 aromatic rings. The second kappa shape index (κ2) is 7.44. The first-order valence-corrected chi connectivity index (χ1v) is 6.29. The Morgan fingerprint density at radius 1 is 1.38 bits per heavy atom. The highest BCUT2D eigenvalue weighted by atomic mass is 16.5. The minimum atomic E-state index is -0.279. The van der Waals surface area contributed by atoms with E-state index < -0.39 is 0 Å². The summed E-state index contributed by atoms with van der Waals surface area (Å²) < 4.78 is 4.87. The van der Waals surface area contributed by atoms with Crippen LogP contribution in [-0.4, -0.2) is 25.7 Å². The summed E-state index contributed by atoms with van der Waals surface area (Å²) in [4.78, 5) is 11.3. The molecular weight excluding hydrogens is 202 g/mol. The Balaban J connectivity index is 2.09. The Bertz CT molecular complexity index is 232. The van der Waals surface area contributed by atoms with Crippen molar-refractivity contribution in [3.8, 4) is 0 Å². The molecule has 16 heavy (non-hydrogen) atoms. The van der Waals surface area contributed by atoms with Gasteiger partial charge in [-0.05, 0) is 32.2 Å². The highest BCUT2D eigenvalue weighted by Gasteiger charge is 2.13. The van der Waals surface area contributed by atoms with Gasteiger partial charge in [-0.2, -0.15) is 0 Å². The van der Waals surface area contributed by atoms with E-state index in [1.807, 2.05) is 0 Å². The van der Waals surface area contributed by atoms with Gasteiger partial charge in [0.25, 0.3) is 0 Å². The van der Waals surface area contributed by atoms with Crippen LogP contribution in [0.2, 0.25) is 0 Å². The lowest BCUT2D eigenvalue weighted by molar-refractivity contribution is -0.138. The molecule has 0 unspecified atom stereocenters. The molecule has 0 aliphatic heterocycles. The summed E-state index contributed by atoms with van der Waals surface area (Å²) in [6.45, 7) is 7.49. The molecule has 1 aliphatic rings. The van der Waals surface area contributed by atoms with Gasteiger partial charge in [0.15, 0.2) is 0 Å². The molecule has 1 N–H and O–H groups in total. The fraction of sp³-hybridized carbons (Fsp3) is 0.769. The van der Waals surface area contributed by atoms with Crippen LogP contribution in [0.1, 0.15) is 39.0 Å². The minimum absolute atomic E-state index is 0.279. The van der Waals surface area contributed by atoms with Crippen LogP contribution in [0.4, 0.5) is 0 Å². The maximum atomic E-state index is 11.3. The average molecular weight is 225 g/mol. The van der Waals surface area contributed by atoms with Gasteiger partial charge in [0.1, 0.15) is 0 Å². The lowest BCUT2D eigenvalue weighted by atomic mass is 9.89. The quantitative estimate of drug-likeness (QED) is 0.556. The van der Waals surface area contributed by atoms with E-state index in [2.05, 4.69) is 11.9 Å². The molecule has 0 amide bonds. The summed E-state index contributed by atoms with van der Waals surface area (Å²) in [5.41, 5.74) is 0.526. The first kappa shape index (κ1) is 13.2. The molecule has 0 aromatic carbocycles. The van der Waals surface area contributed by atoms with E-state index in [1.165, 1.54) is 32.1 Å². The molecule has 1 saturated carbocycles. The number of carbonyl (C=O) groups is 1. The zero-order chi connectivity index (χ0) is 11.8. The SMILES string of the molecule is C=C(CNCC1CCCCC1)C(=O)OCC. The minimum Gasteiger partial charge on any atom is -0.463 e. The lowest BCUT2D eigenvalue weighted by Gasteiger charge is -2.21. The molecule has 0 aromatic heterocycles. The van der Waals surface area contributed by atoms with E-state index in [9.17, 15) is 4.79 Å². The Morgan fingerprint density at radius 3 is 2.69 bits per heavy atom. The first-order chi connectivity index (χ1) is 7.74. The molecule has 1 aliphatic carbocycles. The Morgan fingerprint density at radius 2 is 2.06 bits per heavy atom. The third-order valence-electron chi connectivity index (χ3n) is 3.06. The molecule has 1 fully saturated rings. The van der Waals surface area contributed by atoms with Gasteiger partial charge in [-0.25, -0.2) is 4.79 Å². The van der Waals surface area contributed by atoms with Gasteiger partial charge in [0.05, 0.1) is 6.61 Å². The van der Waals surface area contributed by atoms with Crippen LogP contribution in [0.5, 0.6) is 0 Å². The van der Waals surface area contributed by atoms with Crippen LogP contribution >= 0.6 is 0 Å². The van der Waals surface area contributed by atoms with Crippen molar-refractivity contribution in [3.63, 3.8) is 0 Å². The number of esters is 1. The maximum Gasteiger partial charge on any atom is 0.334 e. The number of ether oxygens (including phenoxy) is 1. The molecule has 0 spiro atoms. The molecule has 92 valence electrons. The summed E-state index contributed by atoms with van der Waals surface area (Å²) in [7, 11) is 0. The van der Waals surface area contributed by atoms with Gasteiger partial charge in [0, 0.05) is 12.1 Å². The topological polar surface area (TPSA) is 38.3 Å². The van der Waals surface area contributed by atoms with Crippen LogP contribution in [0, 0.1) is 5.92 Å². The fourth-order valence-electron chi connectivity index (χ4n) is 2.12. The van der Waals surface area contributed by atoms with Crippen molar-refractivity contribution in [1.29, 1.82) is 0 Å². The van der Waals surface area contributed by atoms with Gasteiger partial charge in [-0.3, -0.25) is 0 Å². The van der Waals surface area contributed by atoms with Crippen LogP contribution in [-0.2, 0) is 9.53 Å². The maximum absolute atomic E-state index is 11.3. The second-order valence-electron chi connectivity index (χ2n) is 4.46. The smallest absolute Gasteiger partial charge is 0.334 e. The van der Waals surface area contributed by atoms with E-state index in [0.29, 0.717) is 18.7 Å². The number of hydrogen-bond acceptors (Lipinski definition) is 3. The van der Waals surface area contributed by atoms with Gasteiger partial charge < -0.3 is 10.1 Å². The molecule has 1 rings (SSSR count). The second-order valence-corrected chi connectivity index (χ2v) is 4.46. The Labute approximate surface area is 98.2 Å². The molecule has 0 heterocycles. The van der Waals surface area contributed by atoms with E-state index in [-0.39, 0.29) is 5.97 Å². The zero-order valence-corrected chi connectivity index (χ0v) is 10.3. The first-order valence-electron chi connectivity index (χ1n) is 6.29. The summed E-state index contributed by atoms with van der Waals surface area (Å²) >= 11 is 0. The third kappa shape index (κ3) is 4.79. The molecule has 3 heteroatoms. The summed E-state index contributed by atoms with van der Waals surface area (Å²) in [6, 6.07) is 0. The average Bonchev–Trinajstić information content (AvgIpc) is 2.30. The number of hydrogen-bond donors (Lipinski definition) is 1. The number of carbonyl (C=O) groups excluding carboxylic acids is 1. The predicted molar refractivity (Wildman–Crippen MR) is 65.2 cm³/mol. The molecule has 0 saturated heterocycles. The van der Waals surface area contributed by atoms with Crippen molar-refractivity contribution < 1.29 is 9.53 Å². The van der Waals surface area contributed by atoms with Crippen LogP contribution in [0.25, 0.3) is 0 Å². The molecule has 0 radical (unpaired) electrons. The van der Waals surface area contributed by atoms with E-state index >= 15 is 0 Å². The molecule has 0 atom stereocenters. The summed E-state index contributed by atoms with van der Waals surface area (Å²) in [5.74, 6) is 0.502. The van der Waals surface area contributed by atoms with E-state index in [0.717, 1.165) is 12.5 Å². The van der Waals surface area contributed by atoms with E-state index in [4.69, 9.17) is 4.74 Å². The van der Waals surface area contributed by atoms with Crippen molar-refractivity contribution in [3.05, 3.63) is 12.2 Å². The monoisotopic (exact) mass is 225 g/mol. The standard InChI is InChI=1S/C13H23NO2/c1-3-16-13(15)11(2)9-14-10-12-7-5-4-6-8-12/h12,14H,2-10H2,1H3. The number of rotatable bonds is 6. The van der Waals surface area contributed by atoms with Gasteiger partial charge in [0.2, 0.25) is 0 Å². The van der Waals surface area contributed by atoms with Gasteiger partial charge in [-0.15, -0.1) is 0 Å². The van der Waals surface area contributed by atoms with Crippen molar-refractivity contribution in [2.75, 3.05) is 19.7 Å². The molecular formula is C13H23NO2. The largest absolute Gasteiger partial charge is 0.463 e. The lowest BCUT2D eigenvalue weighted by Crippen LogP contribution is -2.28. The zero-order valence-electron chi connectivity index (χ0n) is 10.3. The fourth-order valence-corrected chi connectivity index (χ4v) is 2.12. The highest BCUT2D eigenvalue weighted by Crippen LogP contribution is 2.22. The summed E-state index contributed by atoms with van der Waals surface area (Å²) in [5, 5.41) is 3.29. The van der Waals surface area contributed by atoms with Crippen LogP contribution < -0.4 is 5.32 Å². The third-order valence-corrected chi connectivity index (χ3v) is 3.06.